The summed E-state index contributed by atoms with van der Waals surface area (Å²) in [5.41, 5.74) is -3.36. The summed E-state index contributed by atoms with van der Waals surface area (Å²) in [6.07, 6.45) is 3.58. The number of carboxylic acid groups (broad SMARTS) is 1. The number of carbonyl (C=O) groups is 4. The molecule has 2 aliphatic carbocycles. The van der Waals surface area contributed by atoms with E-state index in [1.165, 1.54) is 7.11 Å². The first kappa shape index (κ1) is 46.2. The highest BCUT2D eigenvalue weighted by Gasteiger charge is 2.64. The Labute approximate surface area is 365 Å². The van der Waals surface area contributed by atoms with Gasteiger partial charge < -0.3 is 29.5 Å². The van der Waals surface area contributed by atoms with Gasteiger partial charge in [-0.1, -0.05) is 32.4 Å². The van der Waals surface area contributed by atoms with Crippen LogP contribution in [0.1, 0.15) is 98.0 Å². The topological polar surface area (TPSA) is 194 Å². The molecule has 5 aliphatic rings. The van der Waals surface area contributed by atoms with Crippen LogP contribution in [-0.4, -0.2) is 119 Å². The van der Waals surface area contributed by atoms with Crippen LogP contribution in [0.2, 0.25) is 0 Å². The van der Waals surface area contributed by atoms with Gasteiger partial charge in [0.15, 0.2) is 0 Å². The molecule has 3 fully saturated rings. The molecule has 19 heteroatoms. The van der Waals surface area contributed by atoms with Crippen molar-refractivity contribution in [3.63, 3.8) is 0 Å². The van der Waals surface area contributed by atoms with Crippen molar-refractivity contribution in [2.75, 3.05) is 26.9 Å². The average Bonchev–Trinajstić information content (AvgIpc) is 4.14. The second-order valence-electron chi connectivity index (χ2n) is 18.6. The van der Waals surface area contributed by atoms with E-state index in [2.05, 4.69) is 5.32 Å². The van der Waals surface area contributed by atoms with E-state index in [-0.39, 0.29) is 56.9 Å². The normalized spacial score (nSPS) is 28.6. The Kier molecular flexibility index (Phi) is 12.4. The molecule has 0 unspecified atom stereocenters. The Balaban J connectivity index is 1.32. The van der Waals surface area contributed by atoms with E-state index < -0.39 is 92.3 Å². The third-order valence-electron chi connectivity index (χ3n) is 14.1. The second kappa shape index (κ2) is 17.0. The van der Waals surface area contributed by atoms with Gasteiger partial charge in [0, 0.05) is 30.2 Å². The van der Waals surface area contributed by atoms with Crippen LogP contribution in [0.5, 0.6) is 17.5 Å². The van der Waals surface area contributed by atoms with Crippen molar-refractivity contribution in [2.24, 2.45) is 17.8 Å². The molecule has 7 rings (SSSR count). The molecule has 4 amide bonds. The molecule has 346 valence electrons. The number of sulfonamides is 1. The number of ether oxygens (including phenoxy) is 3. The number of nitrogens with one attached hydrogen (secondary N) is 2. The average molecular weight is 906 g/mol. The molecule has 15 nitrogen and oxygen atoms in total. The van der Waals surface area contributed by atoms with Gasteiger partial charge in [-0.3, -0.25) is 24.0 Å². The minimum Gasteiger partial charge on any atom is -0.497 e. The van der Waals surface area contributed by atoms with Gasteiger partial charge in [0.05, 0.1) is 20.3 Å². The third-order valence-corrected chi connectivity index (χ3v) is 16.2. The van der Waals surface area contributed by atoms with Gasteiger partial charge in [-0.25, -0.2) is 26.4 Å². The molecular weight excluding hydrogens is 848 g/mol. The van der Waals surface area contributed by atoms with Crippen LogP contribution < -0.4 is 24.2 Å². The highest BCUT2D eigenvalue weighted by atomic mass is 32.2. The van der Waals surface area contributed by atoms with Crippen molar-refractivity contribution in [2.45, 2.75) is 139 Å². The highest BCUT2D eigenvalue weighted by Crippen LogP contribution is 2.48. The summed E-state index contributed by atoms with van der Waals surface area (Å²) in [7, 11) is -2.95. The number of pyridine rings is 1. The molecule has 63 heavy (non-hydrogen) atoms. The molecule has 1 aromatic carbocycles. The first-order valence-corrected chi connectivity index (χ1v) is 23.2. The largest absolute Gasteiger partial charge is 0.497 e. The number of nitrogens with zero attached hydrogens (tertiary/aromatic N) is 3. The van der Waals surface area contributed by atoms with Gasteiger partial charge in [0.2, 0.25) is 33.6 Å². The number of hydrogen-bond acceptors (Lipinski definition) is 10. The quantitative estimate of drug-likeness (QED) is 0.227. The van der Waals surface area contributed by atoms with Crippen LogP contribution in [0.25, 0.3) is 10.8 Å². The lowest BCUT2D eigenvalue weighted by molar-refractivity contribution is -0.157. The standard InChI is InChI=1S/C44H58F3N5O10S/c1-7-26-19-25(2)11-8-9-12-27-22-44(27,39(55)50-63(58,59)43(24-45)16-17-43)49-35(53)33-21-29(23-51(33)38(54)34(26)52(40(56)57)41(3,4)42(5,46)47)62-37-31-15-14-28(60-6)20-32(31)30-13-10-18-61-36(30)48-37/h9,12,14-15,20,25-27,29,33-34H,7-8,10-11,13,16-19,21-24H2,1-6H3,(H,49,53)(H,50,55)(H,56,57)/t25-,26+,27+,29+,33-,34-,44+/m0/s1. The molecule has 2 aromatic rings. The van der Waals surface area contributed by atoms with E-state index in [4.69, 9.17) is 19.2 Å². The lowest BCUT2D eigenvalue weighted by Gasteiger charge is -2.47. The Morgan fingerprint density at radius 1 is 1.16 bits per heavy atom. The molecule has 0 bridgehead atoms. The maximum absolute atomic E-state index is 15.6. The Morgan fingerprint density at radius 3 is 2.52 bits per heavy atom. The fraction of sp³-hybridized carbons (Fsp3) is 0.659. The second-order valence-corrected chi connectivity index (χ2v) is 20.7. The van der Waals surface area contributed by atoms with Gasteiger partial charge in [0.1, 0.15) is 46.4 Å². The SMILES string of the molecule is CC[C@@H]1C[C@@H](C)CCC=C[C@@H]2C[C@@]2(C(=O)NS(=O)(=O)C2(CF)CC2)NC(=O)[C@@H]2C[C@@H](Oc3nc4c(c5cc(OC)ccc35)CCCO4)CN2C(=O)[C@H]1N(C(=O)O)C(C)(C)C(C)(F)F. The summed E-state index contributed by atoms with van der Waals surface area (Å²) in [4.78, 5) is 64.0. The fourth-order valence-electron chi connectivity index (χ4n) is 9.45. The van der Waals surface area contributed by atoms with Crippen molar-refractivity contribution in [3.8, 4) is 17.5 Å². The predicted molar refractivity (Wildman–Crippen MR) is 225 cm³/mol. The molecule has 0 spiro atoms. The number of halogens is 3. The van der Waals surface area contributed by atoms with E-state index >= 15 is 13.6 Å². The molecule has 2 saturated carbocycles. The van der Waals surface area contributed by atoms with E-state index in [0.29, 0.717) is 54.7 Å². The number of carbonyl (C=O) groups excluding carboxylic acids is 3. The number of allylic oxidation sites excluding steroid dienone is 1. The first-order valence-electron chi connectivity index (χ1n) is 21.8. The molecule has 3 aliphatic heterocycles. The molecule has 0 radical (unpaired) electrons. The zero-order chi connectivity index (χ0) is 45.9. The number of aryl methyl sites for hydroxylation is 1. The summed E-state index contributed by atoms with van der Waals surface area (Å²) in [6, 6.07) is 2.18. The van der Waals surface area contributed by atoms with Crippen molar-refractivity contribution in [1.82, 2.24) is 24.8 Å². The van der Waals surface area contributed by atoms with Crippen molar-refractivity contribution in [1.29, 1.82) is 0 Å². The van der Waals surface area contributed by atoms with Crippen LogP contribution in [0.15, 0.2) is 30.4 Å². The van der Waals surface area contributed by atoms with Crippen LogP contribution in [0.3, 0.4) is 0 Å². The number of hydrogen-bond donors (Lipinski definition) is 3. The van der Waals surface area contributed by atoms with E-state index in [1.54, 1.807) is 25.1 Å². The maximum Gasteiger partial charge on any atom is 0.408 e. The van der Waals surface area contributed by atoms with E-state index in [1.807, 2.05) is 23.8 Å². The molecule has 7 atom stereocenters. The number of rotatable bonds is 11. The van der Waals surface area contributed by atoms with E-state index in [0.717, 1.165) is 36.1 Å². The van der Waals surface area contributed by atoms with Crippen LogP contribution >= 0.6 is 0 Å². The summed E-state index contributed by atoms with van der Waals surface area (Å²) >= 11 is 0. The first-order chi connectivity index (χ1) is 29.6. The minimum atomic E-state index is -4.49. The molecular formula is C44H58F3N5O10S. The van der Waals surface area contributed by atoms with Crippen molar-refractivity contribution >= 4 is 44.6 Å². The van der Waals surface area contributed by atoms with E-state index in [9.17, 15) is 32.3 Å². The fourth-order valence-corrected chi connectivity index (χ4v) is 10.9. The minimum absolute atomic E-state index is 0.00301. The lowest BCUT2D eigenvalue weighted by atomic mass is 9.81. The van der Waals surface area contributed by atoms with Gasteiger partial charge in [-0.2, -0.15) is 4.98 Å². The molecule has 1 aromatic heterocycles. The lowest BCUT2D eigenvalue weighted by Crippen LogP contribution is -2.67. The predicted octanol–water partition coefficient (Wildman–Crippen LogP) is 5.92. The van der Waals surface area contributed by atoms with Crippen molar-refractivity contribution in [3.05, 3.63) is 35.9 Å². The van der Waals surface area contributed by atoms with Crippen LogP contribution in [0, 0.1) is 17.8 Å². The summed E-state index contributed by atoms with van der Waals surface area (Å²) in [5, 5.41) is 14.9. The van der Waals surface area contributed by atoms with Gasteiger partial charge >= 0.3 is 6.09 Å². The number of amides is 4. The number of benzene rings is 1. The zero-order valence-electron chi connectivity index (χ0n) is 36.5. The van der Waals surface area contributed by atoms with Gasteiger partial charge in [-0.15, -0.1) is 0 Å². The molecule has 1 saturated heterocycles. The maximum atomic E-state index is 15.6. The Morgan fingerprint density at radius 2 is 1.89 bits per heavy atom. The Hall–Kier alpha value is -4.81. The molecule has 3 N–H and O–H groups in total. The van der Waals surface area contributed by atoms with Gasteiger partial charge in [-0.05, 0) is 101 Å². The molecule has 4 heterocycles. The van der Waals surface area contributed by atoms with Crippen molar-refractivity contribution < 1.29 is 60.1 Å². The number of aromatic nitrogens is 1. The van der Waals surface area contributed by atoms with Gasteiger partial charge in [0.25, 0.3) is 11.8 Å². The summed E-state index contributed by atoms with van der Waals surface area (Å²) in [6.45, 7) is 5.29. The summed E-state index contributed by atoms with van der Waals surface area (Å²) in [5.74, 6) is -7.00. The number of alkyl halides is 3. The number of methoxy groups -OCH3 is 1. The smallest absolute Gasteiger partial charge is 0.408 e. The summed E-state index contributed by atoms with van der Waals surface area (Å²) < 4.78 is 90.0. The van der Waals surface area contributed by atoms with Crippen LogP contribution in [-0.2, 0) is 30.8 Å². The zero-order valence-corrected chi connectivity index (χ0v) is 37.4. The van der Waals surface area contributed by atoms with Crippen LogP contribution in [0.4, 0.5) is 18.0 Å². The monoisotopic (exact) mass is 905 g/mol. The third kappa shape index (κ3) is 8.50. The highest BCUT2D eigenvalue weighted by molar-refractivity contribution is 7.91. The Bertz CT molecular complexity index is 2280. The number of fused-ring (bicyclic) bond motifs is 5.